The van der Waals surface area contributed by atoms with Gasteiger partial charge in [-0.2, -0.15) is 0 Å². The molecule has 300 valence electrons. The van der Waals surface area contributed by atoms with Gasteiger partial charge in [-0.1, -0.05) is 152 Å². The third-order valence-electron chi connectivity index (χ3n) is 14.3. The molecule has 14 rings (SSSR count). The molecule has 0 bridgehead atoms. The standard InChI is InChI=1S/C61H40N2S/c1-3-16-39(17-4-1)40-30-32-42(33-31-40)62(43-34-36-54-48(38-43)44-20-9-13-27-53(44)63(54)41-18-5-2-6-19-41)55-28-15-26-51-58(55)45-21-7-11-24-49(45)61(51)50-25-12-8-22-46(50)59-52(61)35-37-57-60(59)47-23-10-14-29-56(47)64-57/h1-10,12-23,25-38H,11,24H2. The zero-order valence-electron chi connectivity index (χ0n) is 35.0. The summed E-state index contributed by atoms with van der Waals surface area (Å²) >= 11 is 1.91. The van der Waals surface area contributed by atoms with E-state index in [2.05, 4.69) is 228 Å². The van der Waals surface area contributed by atoms with Gasteiger partial charge in [0.05, 0.1) is 22.1 Å². The lowest BCUT2D eigenvalue weighted by Crippen LogP contribution is -2.28. The van der Waals surface area contributed by atoms with Gasteiger partial charge in [-0.05, 0) is 130 Å². The van der Waals surface area contributed by atoms with Crippen LogP contribution in [0.5, 0.6) is 0 Å². The highest BCUT2D eigenvalue weighted by Gasteiger charge is 2.54. The fourth-order valence-electron chi connectivity index (χ4n) is 11.8. The quantitative estimate of drug-likeness (QED) is 0.168. The topological polar surface area (TPSA) is 8.17 Å². The molecule has 1 spiro atoms. The molecule has 2 aromatic heterocycles. The van der Waals surface area contributed by atoms with Crippen molar-refractivity contribution in [3.8, 4) is 27.9 Å². The van der Waals surface area contributed by atoms with Crippen molar-refractivity contribution in [2.45, 2.75) is 18.3 Å². The Balaban J connectivity index is 1.05. The van der Waals surface area contributed by atoms with E-state index in [4.69, 9.17) is 0 Å². The second kappa shape index (κ2) is 13.6. The van der Waals surface area contributed by atoms with Gasteiger partial charge in [0.2, 0.25) is 0 Å². The first kappa shape index (κ1) is 35.8. The van der Waals surface area contributed by atoms with Crippen molar-refractivity contribution in [1.29, 1.82) is 0 Å². The summed E-state index contributed by atoms with van der Waals surface area (Å²) in [6.07, 6.45) is 6.88. The molecule has 9 aromatic carbocycles. The fraction of sp³-hybridized carbons (Fsp3) is 0.0492. The van der Waals surface area contributed by atoms with E-state index in [0.29, 0.717) is 0 Å². The number of aromatic nitrogens is 1. The first-order chi connectivity index (χ1) is 31.8. The van der Waals surface area contributed by atoms with Crippen molar-refractivity contribution in [1.82, 2.24) is 4.57 Å². The third-order valence-corrected chi connectivity index (χ3v) is 15.4. The lowest BCUT2D eigenvalue weighted by atomic mass is 9.68. The summed E-state index contributed by atoms with van der Waals surface area (Å²) in [6, 6.07) is 76.9. The minimum absolute atomic E-state index is 0.412. The Kier molecular flexibility index (Phi) is 7.64. The average molecular weight is 833 g/mol. The molecular formula is C61H40N2S. The van der Waals surface area contributed by atoms with Crippen molar-refractivity contribution < 1.29 is 0 Å². The number of para-hydroxylation sites is 2. The van der Waals surface area contributed by atoms with E-state index in [-0.39, 0.29) is 0 Å². The minimum Gasteiger partial charge on any atom is -0.310 e. The molecule has 64 heavy (non-hydrogen) atoms. The van der Waals surface area contributed by atoms with Gasteiger partial charge in [0.1, 0.15) is 0 Å². The number of fused-ring (bicyclic) bond motifs is 16. The Hall–Kier alpha value is -7.72. The molecule has 3 aliphatic rings. The SMILES string of the molecule is C1=CC2=C(CC1)C1(c3ccccc3-c3c1ccc1sc4ccccc4c31)c1cccc(N(c3ccc(-c4ccccc4)cc3)c3ccc4c(c3)c3ccccc3n4-c3ccccc3)c12. The number of nitrogens with zero attached hydrogens (tertiary/aromatic N) is 2. The first-order valence-corrected chi connectivity index (χ1v) is 23.2. The van der Waals surface area contributed by atoms with Gasteiger partial charge in [-0.15, -0.1) is 11.3 Å². The summed E-state index contributed by atoms with van der Waals surface area (Å²) in [7, 11) is 0. The molecule has 3 heteroatoms. The number of thiophene rings is 1. The van der Waals surface area contributed by atoms with Gasteiger partial charge in [0, 0.05) is 53.6 Å². The van der Waals surface area contributed by atoms with E-state index in [1.54, 1.807) is 0 Å². The first-order valence-electron chi connectivity index (χ1n) is 22.4. The van der Waals surface area contributed by atoms with Crippen LogP contribution in [0.4, 0.5) is 17.1 Å². The van der Waals surface area contributed by atoms with E-state index in [9.17, 15) is 0 Å². The summed E-state index contributed by atoms with van der Waals surface area (Å²) in [4.78, 5) is 2.53. The highest BCUT2D eigenvalue weighted by molar-refractivity contribution is 7.26. The Labute approximate surface area is 375 Å². The number of benzene rings is 9. The van der Waals surface area contributed by atoms with Gasteiger partial charge >= 0.3 is 0 Å². The molecule has 0 fully saturated rings. The summed E-state index contributed by atoms with van der Waals surface area (Å²) in [5.74, 6) is 0. The predicted octanol–water partition coefficient (Wildman–Crippen LogP) is 16.7. The van der Waals surface area contributed by atoms with E-state index in [1.807, 2.05) is 11.3 Å². The summed E-state index contributed by atoms with van der Waals surface area (Å²) in [6.45, 7) is 0. The van der Waals surface area contributed by atoms with Gasteiger partial charge in [-0.3, -0.25) is 0 Å². The van der Waals surface area contributed by atoms with Crippen LogP contribution in [-0.2, 0) is 5.41 Å². The van der Waals surface area contributed by atoms with Crippen molar-refractivity contribution in [2.75, 3.05) is 4.90 Å². The zero-order chi connectivity index (χ0) is 41.9. The number of rotatable bonds is 5. The maximum absolute atomic E-state index is 2.53. The molecule has 0 aliphatic heterocycles. The maximum atomic E-state index is 2.53. The highest BCUT2D eigenvalue weighted by atomic mass is 32.1. The van der Waals surface area contributed by atoms with Crippen LogP contribution in [-0.4, -0.2) is 4.57 Å². The van der Waals surface area contributed by atoms with Crippen LogP contribution in [0.2, 0.25) is 0 Å². The highest BCUT2D eigenvalue weighted by Crippen LogP contribution is 2.66. The smallest absolute Gasteiger partial charge is 0.0689 e. The summed E-state index contributed by atoms with van der Waals surface area (Å²) in [5.41, 5.74) is 20.2. The third kappa shape index (κ3) is 4.85. The number of anilines is 3. The van der Waals surface area contributed by atoms with Gasteiger partial charge in [-0.25, -0.2) is 0 Å². The second-order valence-corrected chi connectivity index (χ2v) is 18.5. The van der Waals surface area contributed by atoms with Crippen LogP contribution < -0.4 is 4.90 Å². The molecule has 2 heterocycles. The molecular weight excluding hydrogens is 793 g/mol. The Morgan fingerprint density at radius 1 is 0.484 bits per heavy atom. The predicted molar refractivity (Wildman–Crippen MR) is 271 cm³/mol. The van der Waals surface area contributed by atoms with Crippen LogP contribution in [0.1, 0.15) is 35.1 Å². The van der Waals surface area contributed by atoms with Crippen LogP contribution in [0.3, 0.4) is 0 Å². The largest absolute Gasteiger partial charge is 0.310 e. The van der Waals surface area contributed by atoms with Crippen LogP contribution in [0.25, 0.3) is 75.5 Å². The molecule has 3 aliphatic carbocycles. The van der Waals surface area contributed by atoms with E-state index >= 15 is 0 Å². The number of hydrogen-bond acceptors (Lipinski definition) is 2. The van der Waals surface area contributed by atoms with Crippen molar-refractivity contribution >= 4 is 76.0 Å². The van der Waals surface area contributed by atoms with Crippen molar-refractivity contribution in [3.05, 3.63) is 246 Å². The summed E-state index contributed by atoms with van der Waals surface area (Å²) < 4.78 is 5.10. The van der Waals surface area contributed by atoms with E-state index in [1.165, 1.54) is 103 Å². The monoisotopic (exact) mass is 832 g/mol. The average Bonchev–Trinajstić information content (AvgIpc) is 4.09. The van der Waals surface area contributed by atoms with E-state index < -0.39 is 5.41 Å². The molecule has 0 radical (unpaired) electrons. The molecule has 0 saturated carbocycles. The van der Waals surface area contributed by atoms with Gasteiger partial charge < -0.3 is 9.47 Å². The van der Waals surface area contributed by atoms with Gasteiger partial charge in [0.15, 0.2) is 0 Å². The molecule has 11 aromatic rings. The normalized spacial score (nSPS) is 15.9. The molecule has 0 amide bonds. The number of allylic oxidation sites excluding steroid dienone is 4. The van der Waals surface area contributed by atoms with Crippen molar-refractivity contribution in [3.63, 3.8) is 0 Å². The Morgan fingerprint density at radius 2 is 1.17 bits per heavy atom. The van der Waals surface area contributed by atoms with Gasteiger partial charge in [0.25, 0.3) is 0 Å². The van der Waals surface area contributed by atoms with Crippen molar-refractivity contribution in [2.24, 2.45) is 0 Å². The molecule has 1 unspecified atom stereocenters. The Morgan fingerprint density at radius 3 is 2.05 bits per heavy atom. The van der Waals surface area contributed by atoms with Crippen LogP contribution in [0, 0.1) is 0 Å². The van der Waals surface area contributed by atoms with Crippen LogP contribution in [0.15, 0.2) is 224 Å². The lowest BCUT2D eigenvalue weighted by molar-refractivity contribution is 0.714. The second-order valence-electron chi connectivity index (χ2n) is 17.4. The molecule has 0 saturated heterocycles. The zero-order valence-corrected chi connectivity index (χ0v) is 35.8. The lowest BCUT2D eigenvalue weighted by Gasteiger charge is -2.34. The molecule has 1 atom stereocenters. The maximum Gasteiger partial charge on any atom is 0.0689 e. The summed E-state index contributed by atoms with van der Waals surface area (Å²) in [5, 5.41) is 5.22. The molecule has 2 nitrogen and oxygen atoms in total. The molecule has 0 N–H and O–H groups in total. The Bertz CT molecular complexity index is 3770. The van der Waals surface area contributed by atoms with E-state index in [0.717, 1.165) is 29.9 Å². The number of hydrogen-bond donors (Lipinski definition) is 0. The van der Waals surface area contributed by atoms with Crippen LogP contribution >= 0.6 is 11.3 Å². The fourth-order valence-corrected chi connectivity index (χ4v) is 12.9. The minimum atomic E-state index is -0.412.